The van der Waals surface area contributed by atoms with Gasteiger partial charge >= 0.3 is 0 Å². The SMILES string of the molecule is CC(=O)NCCc1coc2ccc(OCCCCOc3ccc(-c4ccccc4C)cc3)cc12. The Balaban J connectivity index is 1.20. The van der Waals surface area contributed by atoms with Gasteiger partial charge in [-0.1, -0.05) is 36.4 Å². The number of rotatable bonds is 11. The smallest absolute Gasteiger partial charge is 0.216 e. The molecule has 4 rings (SSSR count). The third-order valence-corrected chi connectivity index (χ3v) is 5.78. The maximum absolute atomic E-state index is 11.1. The highest BCUT2D eigenvalue weighted by atomic mass is 16.5. The van der Waals surface area contributed by atoms with Gasteiger partial charge < -0.3 is 19.2 Å². The molecule has 1 amide bonds. The van der Waals surface area contributed by atoms with E-state index in [4.69, 9.17) is 13.9 Å². The molecule has 34 heavy (non-hydrogen) atoms. The number of benzene rings is 3. The van der Waals surface area contributed by atoms with Crippen molar-refractivity contribution in [2.45, 2.75) is 33.1 Å². The zero-order valence-corrected chi connectivity index (χ0v) is 19.8. The van der Waals surface area contributed by atoms with E-state index in [2.05, 4.69) is 48.6 Å². The first kappa shape index (κ1) is 23.4. The average Bonchev–Trinajstić information content (AvgIpc) is 3.24. The molecule has 5 heteroatoms. The Hall–Kier alpha value is -3.73. The Morgan fingerprint density at radius 1 is 0.912 bits per heavy atom. The number of aryl methyl sites for hydroxylation is 1. The minimum atomic E-state index is -0.0277. The number of fused-ring (bicyclic) bond motifs is 1. The van der Waals surface area contributed by atoms with Gasteiger partial charge in [-0.15, -0.1) is 0 Å². The number of unbranched alkanes of at least 4 members (excludes halogenated alkanes) is 1. The average molecular weight is 458 g/mol. The van der Waals surface area contributed by atoms with Gasteiger partial charge in [-0.2, -0.15) is 0 Å². The van der Waals surface area contributed by atoms with Gasteiger partial charge in [0, 0.05) is 24.4 Å². The molecule has 0 atom stereocenters. The van der Waals surface area contributed by atoms with Crippen molar-refractivity contribution in [1.29, 1.82) is 0 Å². The van der Waals surface area contributed by atoms with E-state index in [1.807, 2.05) is 30.3 Å². The molecule has 4 aromatic rings. The summed E-state index contributed by atoms with van der Waals surface area (Å²) in [6, 6.07) is 22.5. The molecule has 1 aromatic heterocycles. The summed E-state index contributed by atoms with van der Waals surface area (Å²) in [4.78, 5) is 11.1. The van der Waals surface area contributed by atoms with E-state index in [9.17, 15) is 4.79 Å². The lowest BCUT2D eigenvalue weighted by molar-refractivity contribution is -0.118. The van der Waals surface area contributed by atoms with E-state index in [0.29, 0.717) is 19.8 Å². The Morgan fingerprint density at radius 3 is 2.35 bits per heavy atom. The van der Waals surface area contributed by atoms with Crippen LogP contribution in [0.25, 0.3) is 22.1 Å². The van der Waals surface area contributed by atoms with Crippen molar-refractivity contribution in [3.05, 3.63) is 84.1 Å². The van der Waals surface area contributed by atoms with Crippen molar-refractivity contribution < 1.29 is 18.7 Å². The standard InChI is InChI=1S/C29H31NO4/c1-21-7-3-4-8-27(21)23-9-11-25(12-10-23)32-17-5-6-18-33-26-13-14-29-28(19-26)24(20-34-29)15-16-30-22(2)31/h3-4,7-14,19-20H,5-6,15-18H2,1-2H3,(H,30,31). The molecular formula is C29H31NO4. The van der Waals surface area contributed by atoms with Crippen molar-refractivity contribution in [3.8, 4) is 22.6 Å². The number of amides is 1. The molecule has 1 heterocycles. The molecule has 0 saturated carbocycles. The highest BCUT2D eigenvalue weighted by Crippen LogP contribution is 2.27. The number of hydrogen-bond donors (Lipinski definition) is 1. The molecule has 1 N–H and O–H groups in total. The number of nitrogens with one attached hydrogen (secondary N) is 1. The minimum absolute atomic E-state index is 0.0277. The van der Waals surface area contributed by atoms with E-state index >= 15 is 0 Å². The van der Waals surface area contributed by atoms with Crippen LogP contribution in [-0.4, -0.2) is 25.7 Å². The molecule has 0 aliphatic heterocycles. The summed E-state index contributed by atoms with van der Waals surface area (Å²) in [5, 5.41) is 3.85. The van der Waals surface area contributed by atoms with E-state index in [-0.39, 0.29) is 5.91 Å². The van der Waals surface area contributed by atoms with E-state index in [1.54, 1.807) is 6.26 Å². The molecule has 3 aromatic carbocycles. The van der Waals surface area contributed by atoms with Gasteiger partial charge in [-0.3, -0.25) is 4.79 Å². The number of furan rings is 1. The summed E-state index contributed by atoms with van der Waals surface area (Å²) >= 11 is 0. The van der Waals surface area contributed by atoms with Crippen LogP contribution < -0.4 is 14.8 Å². The third-order valence-electron chi connectivity index (χ3n) is 5.78. The molecule has 0 fully saturated rings. The Bertz CT molecular complexity index is 1230. The lowest BCUT2D eigenvalue weighted by Gasteiger charge is -2.10. The normalized spacial score (nSPS) is 10.9. The van der Waals surface area contributed by atoms with Crippen molar-refractivity contribution in [2.24, 2.45) is 0 Å². The van der Waals surface area contributed by atoms with Gasteiger partial charge in [0.2, 0.25) is 5.91 Å². The van der Waals surface area contributed by atoms with Crippen LogP contribution >= 0.6 is 0 Å². The largest absolute Gasteiger partial charge is 0.494 e. The predicted octanol–water partition coefficient (Wildman–Crippen LogP) is 6.32. The molecule has 0 spiro atoms. The van der Waals surface area contributed by atoms with Crippen LogP contribution in [0, 0.1) is 6.92 Å². The van der Waals surface area contributed by atoms with Crippen LogP contribution in [0.3, 0.4) is 0 Å². The van der Waals surface area contributed by atoms with Crippen LogP contribution in [0.15, 0.2) is 77.4 Å². The summed E-state index contributed by atoms with van der Waals surface area (Å²) in [6.45, 7) is 5.51. The van der Waals surface area contributed by atoms with E-state index in [1.165, 1.54) is 23.6 Å². The minimum Gasteiger partial charge on any atom is -0.494 e. The van der Waals surface area contributed by atoms with Crippen LogP contribution in [0.2, 0.25) is 0 Å². The molecule has 0 radical (unpaired) electrons. The molecular weight excluding hydrogens is 426 g/mol. The zero-order chi connectivity index (χ0) is 23.8. The van der Waals surface area contributed by atoms with Gasteiger partial charge in [0.25, 0.3) is 0 Å². The van der Waals surface area contributed by atoms with Gasteiger partial charge in [0.05, 0.1) is 19.5 Å². The first-order valence-electron chi connectivity index (χ1n) is 11.8. The van der Waals surface area contributed by atoms with Crippen molar-refractivity contribution in [1.82, 2.24) is 5.32 Å². The third kappa shape index (κ3) is 6.19. The molecule has 0 saturated heterocycles. The molecule has 176 valence electrons. The Morgan fingerprint density at radius 2 is 1.62 bits per heavy atom. The van der Waals surface area contributed by atoms with E-state index < -0.39 is 0 Å². The van der Waals surface area contributed by atoms with Crippen molar-refractivity contribution in [2.75, 3.05) is 19.8 Å². The number of carbonyl (C=O) groups is 1. The van der Waals surface area contributed by atoms with Crippen LogP contribution in [0.1, 0.15) is 30.9 Å². The van der Waals surface area contributed by atoms with E-state index in [0.717, 1.165) is 47.3 Å². The number of ether oxygens (including phenoxy) is 2. The van der Waals surface area contributed by atoms with Crippen LogP contribution in [-0.2, 0) is 11.2 Å². The summed E-state index contributed by atoms with van der Waals surface area (Å²) in [5.74, 6) is 1.68. The lowest BCUT2D eigenvalue weighted by atomic mass is 10.0. The second-order valence-corrected chi connectivity index (χ2v) is 8.40. The molecule has 0 aliphatic carbocycles. The molecule has 5 nitrogen and oxygen atoms in total. The quantitative estimate of drug-likeness (QED) is 0.268. The first-order valence-corrected chi connectivity index (χ1v) is 11.8. The number of carbonyl (C=O) groups excluding carboxylic acids is 1. The summed E-state index contributed by atoms with van der Waals surface area (Å²) in [6.07, 6.45) is 4.29. The second-order valence-electron chi connectivity index (χ2n) is 8.40. The van der Waals surface area contributed by atoms with Crippen LogP contribution in [0.5, 0.6) is 11.5 Å². The maximum atomic E-state index is 11.1. The van der Waals surface area contributed by atoms with Gasteiger partial charge in [0.1, 0.15) is 17.1 Å². The van der Waals surface area contributed by atoms with Gasteiger partial charge in [-0.05, 0) is 73.2 Å². The van der Waals surface area contributed by atoms with Crippen molar-refractivity contribution >= 4 is 16.9 Å². The molecule has 0 bridgehead atoms. The number of hydrogen-bond acceptors (Lipinski definition) is 4. The Kier molecular flexibility index (Phi) is 7.87. The lowest BCUT2D eigenvalue weighted by Crippen LogP contribution is -2.22. The zero-order valence-electron chi connectivity index (χ0n) is 19.8. The van der Waals surface area contributed by atoms with Crippen molar-refractivity contribution in [3.63, 3.8) is 0 Å². The topological polar surface area (TPSA) is 60.7 Å². The predicted molar refractivity (Wildman–Crippen MR) is 135 cm³/mol. The fourth-order valence-electron chi connectivity index (χ4n) is 3.93. The van der Waals surface area contributed by atoms with Gasteiger partial charge in [-0.25, -0.2) is 0 Å². The van der Waals surface area contributed by atoms with Crippen LogP contribution in [0.4, 0.5) is 0 Å². The first-order chi connectivity index (χ1) is 16.6. The summed E-state index contributed by atoms with van der Waals surface area (Å²) < 4.78 is 17.5. The molecule has 0 unspecified atom stereocenters. The highest BCUT2D eigenvalue weighted by Gasteiger charge is 2.08. The summed E-state index contributed by atoms with van der Waals surface area (Å²) in [7, 11) is 0. The highest BCUT2D eigenvalue weighted by molar-refractivity contribution is 5.82. The van der Waals surface area contributed by atoms with Gasteiger partial charge in [0.15, 0.2) is 0 Å². The fourth-order valence-corrected chi connectivity index (χ4v) is 3.93. The molecule has 0 aliphatic rings. The fraction of sp³-hybridized carbons (Fsp3) is 0.276. The summed E-state index contributed by atoms with van der Waals surface area (Å²) in [5.41, 5.74) is 5.61. The Labute approximate surface area is 200 Å². The maximum Gasteiger partial charge on any atom is 0.216 e. The monoisotopic (exact) mass is 457 g/mol. The second kappa shape index (κ2) is 11.4.